The highest BCUT2D eigenvalue weighted by molar-refractivity contribution is 5.93. The Morgan fingerprint density at radius 2 is 2.31 bits per heavy atom. The second-order valence-electron chi connectivity index (χ2n) is 3.42. The molecule has 0 aliphatic heterocycles. The molecule has 1 heterocycles. The first kappa shape index (κ1) is 10.4. The standard InChI is InChI=1S/C10H13N5O/c11-3-4-15(10(12)16)8-1-2-9-7(5-8)6-13-14-9/h1-2,5-6H,3-4,11H2,(H2,12,16)(H,13,14). The zero-order chi connectivity index (χ0) is 11.5. The Bertz CT molecular complexity index is 507. The molecule has 2 aromatic rings. The van der Waals surface area contributed by atoms with Crippen molar-refractivity contribution in [2.24, 2.45) is 11.5 Å². The summed E-state index contributed by atoms with van der Waals surface area (Å²) in [4.78, 5) is 12.7. The number of rotatable bonds is 3. The van der Waals surface area contributed by atoms with Crippen molar-refractivity contribution in [3.8, 4) is 0 Å². The molecular formula is C10H13N5O. The number of primary amides is 1. The van der Waals surface area contributed by atoms with Gasteiger partial charge in [-0.2, -0.15) is 5.10 Å². The van der Waals surface area contributed by atoms with Gasteiger partial charge in [0.25, 0.3) is 0 Å². The van der Waals surface area contributed by atoms with Gasteiger partial charge < -0.3 is 11.5 Å². The van der Waals surface area contributed by atoms with Crippen LogP contribution in [-0.2, 0) is 0 Å². The van der Waals surface area contributed by atoms with E-state index in [1.807, 2.05) is 12.1 Å². The first-order chi connectivity index (χ1) is 7.72. The smallest absolute Gasteiger partial charge is 0.319 e. The van der Waals surface area contributed by atoms with Crippen LogP contribution in [0.5, 0.6) is 0 Å². The Balaban J connectivity index is 2.39. The minimum Gasteiger partial charge on any atom is -0.351 e. The van der Waals surface area contributed by atoms with Crippen LogP contribution in [0.25, 0.3) is 10.9 Å². The lowest BCUT2D eigenvalue weighted by Gasteiger charge is -2.19. The third kappa shape index (κ3) is 1.82. The number of amides is 2. The second kappa shape index (κ2) is 4.19. The van der Waals surface area contributed by atoms with E-state index >= 15 is 0 Å². The Morgan fingerprint density at radius 3 is 3.00 bits per heavy atom. The quantitative estimate of drug-likeness (QED) is 0.696. The number of hydrogen-bond donors (Lipinski definition) is 3. The molecule has 0 atom stereocenters. The number of nitrogens with two attached hydrogens (primary N) is 2. The molecule has 0 saturated carbocycles. The van der Waals surface area contributed by atoms with Gasteiger partial charge in [-0.25, -0.2) is 4.79 Å². The number of fused-ring (bicyclic) bond motifs is 1. The molecule has 0 fully saturated rings. The van der Waals surface area contributed by atoms with Crippen molar-refractivity contribution in [3.05, 3.63) is 24.4 Å². The van der Waals surface area contributed by atoms with Crippen LogP contribution in [0.15, 0.2) is 24.4 Å². The molecule has 1 aromatic carbocycles. The largest absolute Gasteiger partial charge is 0.351 e. The molecular weight excluding hydrogens is 206 g/mol. The minimum atomic E-state index is -0.506. The Labute approximate surface area is 92.2 Å². The lowest BCUT2D eigenvalue weighted by Crippen LogP contribution is -2.39. The van der Waals surface area contributed by atoms with E-state index in [1.165, 1.54) is 4.90 Å². The number of hydrogen-bond acceptors (Lipinski definition) is 3. The number of aromatic amines is 1. The molecule has 2 amide bonds. The molecule has 5 N–H and O–H groups in total. The van der Waals surface area contributed by atoms with Gasteiger partial charge in [0.15, 0.2) is 0 Å². The van der Waals surface area contributed by atoms with Gasteiger partial charge in [-0.15, -0.1) is 0 Å². The summed E-state index contributed by atoms with van der Waals surface area (Å²) in [5.41, 5.74) is 12.4. The van der Waals surface area contributed by atoms with Crippen molar-refractivity contribution in [2.45, 2.75) is 0 Å². The summed E-state index contributed by atoms with van der Waals surface area (Å²) >= 11 is 0. The highest BCUT2D eigenvalue weighted by atomic mass is 16.2. The summed E-state index contributed by atoms with van der Waals surface area (Å²) in [6, 6.07) is 5.00. The van der Waals surface area contributed by atoms with Gasteiger partial charge in [-0.05, 0) is 18.2 Å². The number of carbonyl (C=O) groups is 1. The third-order valence-electron chi connectivity index (χ3n) is 2.35. The van der Waals surface area contributed by atoms with E-state index in [4.69, 9.17) is 11.5 Å². The van der Waals surface area contributed by atoms with E-state index in [0.29, 0.717) is 13.1 Å². The maximum atomic E-state index is 11.2. The van der Waals surface area contributed by atoms with Crippen LogP contribution < -0.4 is 16.4 Å². The molecule has 0 aliphatic carbocycles. The number of H-pyrrole nitrogens is 1. The van der Waals surface area contributed by atoms with E-state index in [0.717, 1.165) is 16.6 Å². The number of aromatic nitrogens is 2. The van der Waals surface area contributed by atoms with Gasteiger partial charge in [0.2, 0.25) is 0 Å². The zero-order valence-electron chi connectivity index (χ0n) is 8.68. The Hall–Kier alpha value is -2.08. The highest BCUT2D eigenvalue weighted by Gasteiger charge is 2.11. The van der Waals surface area contributed by atoms with Crippen molar-refractivity contribution in [1.29, 1.82) is 0 Å². The van der Waals surface area contributed by atoms with Crippen LogP contribution in [0.4, 0.5) is 10.5 Å². The molecule has 0 spiro atoms. The second-order valence-corrected chi connectivity index (χ2v) is 3.42. The van der Waals surface area contributed by atoms with Gasteiger partial charge in [0.1, 0.15) is 0 Å². The predicted octanol–water partition coefficient (Wildman–Crippen LogP) is 0.407. The average Bonchev–Trinajstić information content (AvgIpc) is 2.72. The van der Waals surface area contributed by atoms with Crippen LogP contribution in [0, 0.1) is 0 Å². The SMILES string of the molecule is NCCN(C(N)=O)c1ccc2[nH]ncc2c1. The number of anilines is 1. The number of nitrogens with one attached hydrogen (secondary N) is 1. The molecule has 0 saturated heterocycles. The average molecular weight is 219 g/mol. The van der Waals surface area contributed by atoms with E-state index in [1.54, 1.807) is 12.3 Å². The number of urea groups is 1. The lowest BCUT2D eigenvalue weighted by atomic mass is 10.2. The fourth-order valence-electron chi connectivity index (χ4n) is 1.59. The topological polar surface area (TPSA) is 101 Å². The first-order valence-corrected chi connectivity index (χ1v) is 4.92. The molecule has 6 nitrogen and oxygen atoms in total. The van der Waals surface area contributed by atoms with Crippen molar-refractivity contribution < 1.29 is 4.79 Å². The van der Waals surface area contributed by atoms with Gasteiger partial charge in [-0.3, -0.25) is 10.00 Å². The van der Waals surface area contributed by atoms with Crippen molar-refractivity contribution in [3.63, 3.8) is 0 Å². The Kier molecular flexibility index (Phi) is 2.74. The molecule has 16 heavy (non-hydrogen) atoms. The lowest BCUT2D eigenvalue weighted by molar-refractivity contribution is 0.254. The van der Waals surface area contributed by atoms with Crippen molar-refractivity contribution in [1.82, 2.24) is 10.2 Å². The number of benzene rings is 1. The molecule has 6 heteroatoms. The molecule has 84 valence electrons. The molecule has 1 aromatic heterocycles. The van der Waals surface area contributed by atoms with Crippen LogP contribution >= 0.6 is 0 Å². The minimum absolute atomic E-state index is 0.367. The van der Waals surface area contributed by atoms with E-state index in [-0.39, 0.29) is 0 Å². The van der Waals surface area contributed by atoms with E-state index in [2.05, 4.69) is 10.2 Å². The number of carbonyl (C=O) groups excluding carboxylic acids is 1. The fourth-order valence-corrected chi connectivity index (χ4v) is 1.59. The van der Waals surface area contributed by atoms with Crippen LogP contribution in [0.1, 0.15) is 0 Å². The summed E-state index contributed by atoms with van der Waals surface area (Å²) < 4.78 is 0. The Morgan fingerprint density at radius 1 is 1.50 bits per heavy atom. The van der Waals surface area contributed by atoms with Gasteiger partial charge in [0.05, 0.1) is 11.7 Å². The summed E-state index contributed by atoms with van der Waals surface area (Å²) in [5.74, 6) is 0. The molecule has 2 rings (SSSR count). The predicted molar refractivity (Wildman–Crippen MR) is 62.1 cm³/mol. The molecule has 0 bridgehead atoms. The maximum absolute atomic E-state index is 11.2. The van der Waals surface area contributed by atoms with Gasteiger partial charge in [0, 0.05) is 24.2 Å². The first-order valence-electron chi connectivity index (χ1n) is 4.92. The highest BCUT2D eigenvalue weighted by Crippen LogP contribution is 2.20. The normalized spacial score (nSPS) is 10.6. The summed E-state index contributed by atoms with van der Waals surface area (Å²) in [6.07, 6.45) is 1.69. The summed E-state index contributed by atoms with van der Waals surface area (Å²) in [5, 5.41) is 7.68. The van der Waals surface area contributed by atoms with Gasteiger partial charge in [-0.1, -0.05) is 0 Å². The third-order valence-corrected chi connectivity index (χ3v) is 2.35. The fraction of sp³-hybridized carbons (Fsp3) is 0.200. The van der Waals surface area contributed by atoms with E-state index < -0.39 is 6.03 Å². The maximum Gasteiger partial charge on any atom is 0.319 e. The van der Waals surface area contributed by atoms with Crippen LogP contribution in [0.3, 0.4) is 0 Å². The molecule has 0 aliphatic rings. The van der Waals surface area contributed by atoms with Crippen LogP contribution in [0.2, 0.25) is 0 Å². The van der Waals surface area contributed by atoms with E-state index in [9.17, 15) is 4.79 Å². The monoisotopic (exact) mass is 219 g/mol. The van der Waals surface area contributed by atoms with Crippen molar-refractivity contribution >= 4 is 22.6 Å². The zero-order valence-corrected chi connectivity index (χ0v) is 8.68. The summed E-state index contributed by atoms with van der Waals surface area (Å²) in [7, 11) is 0. The van der Waals surface area contributed by atoms with Crippen LogP contribution in [-0.4, -0.2) is 29.3 Å². The molecule has 0 radical (unpaired) electrons. The molecule has 0 unspecified atom stereocenters. The number of nitrogens with zero attached hydrogens (tertiary/aromatic N) is 2. The summed E-state index contributed by atoms with van der Waals surface area (Å²) in [6.45, 7) is 0.769. The van der Waals surface area contributed by atoms with Gasteiger partial charge >= 0.3 is 6.03 Å². The van der Waals surface area contributed by atoms with Crippen molar-refractivity contribution in [2.75, 3.05) is 18.0 Å².